The van der Waals surface area contributed by atoms with Gasteiger partial charge in [-0.25, -0.2) is 0 Å². The molecule has 6 heteroatoms. The van der Waals surface area contributed by atoms with Gasteiger partial charge in [-0.15, -0.1) is 10.1 Å². The number of nitrogens with zero attached hydrogens (tertiary/aromatic N) is 1. The fourth-order valence-corrected chi connectivity index (χ4v) is 0.623. The van der Waals surface area contributed by atoms with Crippen LogP contribution in [0.25, 0.3) is 0 Å². The zero-order chi connectivity index (χ0) is 7.40. The molecule has 0 aromatic rings. The Morgan fingerprint density at radius 1 is 1.60 bits per heavy atom. The zero-order valence-electron chi connectivity index (χ0n) is 5.19. The van der Waals surface area contributed by atoms with Crippen LogP contribution in [0.5, 0.6) is 0 Å². The number of hydrogen-bond donors (Lipinski definition) is 0. The Balaban J connectivity index is 2.19. The highest BCUT2D eigenvalue weighted by Crippen LogP contribution is 2.01. The smallest absolute Gasteiger partial charge is 0.297 e. The molecule has 0 aromatic heterocycles. The molecule has 0 amide bonds. The number of rotatable bonds is 2. The van der Waals surface area contributed by atoms with Crippen LogP contribution in [-0.2, 0) is 14.3 Å². The Morgan fingerprint density at radius 3 is 2.90 bits per heavy atom. The fourth-order valence-electron chi connectivity index (χ4n) is 0.623. The molecule has 0 aliphatic carbocycles. The predicted molar refractivity (Wildman–Crippen MR) is 28.6 cm³/mol. The average Bonchev–Trinajstić information content (AvgIpc) is 1.88. The normalized spacial score (nSPS) is 25.8. The summed E-state index contributed by atoms with van der Waals surface area (Å²) in [6.45, 7) is 0.942. The summed E-state index contributed by atoms with van der Waals surface area (Å²) in [6.07, 6.45) is -0.844. The van der Waals surface area contributed by atoms with E-state index in [1.807, 2.05) is 0 Å². The Labute approximate surface area is 56.8 Å². The molecule has 1 atom stereocenters. The standard InChI is InChI=1S/C4H7NO5/c6-5(7)10-4-3-8-1-2-9-4/h4H,1-3H2. The van der Waals surface area contributed by atoms with Crippen molar-refractivity contribution in [3.63, 3.8) is 0 Å². The minimum absolute atomic E-state index is 0.126. The molecule has 0 aromatic carbocycles. The van der Waals surface area contributed by atoms with E-state index in [9.17, 15) is 10.1 Å². The summed E-state index contributed by atoms with van der Waals surface area (Å²) in [5.41, 5.74) is 0. The van der Waals surface area contributed by atoms with E-state index >= 15 is 0 Å². The maximum atomic E-state index is 9.72. The largest absolute Gasteiger partial charge is 0.374 e. The third-order valence-electron chi connectivity index (χ3n) is 0.989. The lowest BCUT2D eigenvalue weighted by Gasteiger charge is -2.20. The van der Waals surface area contributed by atoms with Gasteiger partial charge in [0.2, 0.25) is 6.29 Å². The van der Waals surface area contributed by atoms with Crippen molar-refractivity contribution in [3.8, 4) is 0 Å². The summed E-state index contributed by atoms with van der Waals surface area (Å²) in [7, 11) is 0. The van der Waals surface area contributed by atoms with Gasteiger partial charge in [0.05, 0.1) is 19.8 Å². The van der Waals surface area contributed by atoms with Gasteiger partial charge < -0.3 is 9.47 Å². The molecule has 1 rings (SSSR count). The minimum Gasteiger partial charge on any atom is -0.374 e. The van der Waals surface area contributed by atoms with Crippen LogP contribution in [0.1, 0.15) is 0 Å². The second kappa shape index (κ2) is 3.33. The first-order chi connectivity index (χ1) is 4.79. The molecular formula is C4H7NO5. The zero-order valence-corrected chi connectivity index (χ0v) is 5.19. The average molecular weight is 149 g/mol. The summed E-state index contributed by atoms with van der Waals surface area (Å²) < 4.78 is 9.63. The Hall–Kier alpha value is -0.880. The Morgan fingerprint density at radius 2 is 2.40 bits per heavy atom. The fraction of sp³-hybridized carbons (Fsp3) is 1.00. The molecule has 0 spiro atoms. The van der Waals surface area contributed by atoms with E-state index < -0.39 is 11.4 Å². The lowest BCUT2D eigenvalue weighted by molar-refractivity contribution is -0.782. The van der Waals surface area contributed by atoms with E-state index in [1.165, 1.54) is 0 Å². The second-order valence-corrected chi connectivity index (χ2v) is 1.70. The Bertz CT molecular complexity index is 121. The van der Waals surface area contributed by atoms with Crippen LogP contribution in [0, 0.1) is 10.1 Å². The topological polar surface area (TPSA) is 70.8 Å². The van der Waals surface area contributed by atoms with E-state index in [4.69, 9.17) is 9.47 Å². The van der Waals surface area contributed by atoms with E-state index in [1.54, 1.807) is 0 Å². The van der Waals surface area contributed by atoms with Gasteiger partial charge in [0.1, 0.15) is 0 Å². The molecule has 1 saturated heterocycles. The van der Waals surface area contributed by atoms with Crippen LogP contribution in [0.3, 0.4) is 0 Å². The maximum Gasteiger partial charge on any atom is 0.297 e. The molecule has 1 aliphatic heterocycles. The van der Waals surface area contributed by atoms with Crippen molar-refractivity contribution in [2.24, 2.45) is 0 Å². The first kappa shape index (κ1) is 7.23. The quantitative estimate of drug-likeness (QED) is 0.393. The van der Waals surface area contributed by atoms with Crippen molar-refractivity contribution in [1.82, 2.24) is 0 Å². The van der Waals surface area contributed by atoms with Crippen LogP contribution in [0.15, 0.2) is 0 Å². The molecule has 10 heavy (non-hydrogen) atoms. The second-order valence-electron chi connectivity index (χ2n) is 1.70. The lowest BCUT2D eigenvalue weighted by atomic mass is 10.6. The molecule has 1 heterocycles. The van der Waals surface area contributed by atoms with Crippen molar-refractivity contribution in [2.45, 2.75) is 6.29 Å². The van der Waals surface area contributed by atoms with Crippen molar-refractivity contribution in [1.29, 1.82) is 0 Å². The highest BCUT2D eigenvalue weighted by atomic mass is 17.0. The predicted octanol–water partition coefficient (Wildman–Crippen LogP) is -0.432. The van der Waals surface area contributed by atoms with Crippen LogP contribution in [-0.4, -0.2) is 31.2 Å². The summed E-state index contributed by atoms with van der Waals surface area (Å²) in [4.78, 5) is 13.8. The summed E-state index contributed by atoms with van der Waals surface area (Å²) in [5.74, 6) is 0. The van der Waals surface area contributed by atoms with Crippen molar-refractivity contribution < 1.29 is 19.4 Å². The molecule has 0 radical (unpaired) electrons. The van der Waals surface area contributed by atoms with Gasteiger partial charge in [0, 0.05) is 0 Å². The van der Waals surface area contributed by atoms with Gasteiger partial charge in [-0.3, -0.25) is 4.84 Å². The van der Waals surface area contributed by atoms with Crippen LogP contribution in [0.2, 0.25) is 0 Å². The molecule has 58 valence electrons. The highest BCUT2D eigenvalue weighted by Gasteiger charge is 2.17. The summed E-state index contributed by atoms with van der Waals surface area (Å²) in [5, 5.41) is 8.83. The van der Waals surface area contributed by atoms with Gasteiger partial charge in [-0.05, 0) is 0 Å². The van der Waals surface area contributed by atoms with Gasteiger partial charge in [-0.1, -0.05) is 0 Å². The van der Waals surface area contributed by atoms with Crippen LogP contribution >= 0.6 is 0 Å². The van der Waals surface area contributed by atoms with Crippen LogP contribution < -0.4 is 0 Å². The highest BCUT2D eigenvalue weighted by molar-refractivity contribution is 4.45. The molecule has 0 saturated carbocycles. The minimum atomic E-state index is -0.890. The Kier molecular flexibility index (Phi) is 2.41. The molecule has 0 bridgehead atoms. The van der Waals surface area contributed by atoms with Crippen molar-refractivity contribution in [2.75, 3.05) is 19.8 Å². The first-order valence-corrected chi connectivity index (χ1v) is 2.79. The van der Waals surface area contributed by atoms with E-state index in [0.717, 1.165) is 0 Å². The summed E-state index contributed by atoms with van der Waals surface area (Å²) >= 11 is 0. The van der Waals surface area contributed by atoms with Gasteiger partial charge in [0.15, 0.2) is 0 Å². The third kappa shape index (κ3) is 2.16. The van der Waals surface area contributed by atoms with Gasteiger partial charge in [-0.2, -0.15) is 0 Å². The molecule has 1 unspecified atom stereocenters. The number of hydrogen-bond acceptors (Lipinski definition) is 5. The van der Waals surface area contributed by atoms with Crippen molar-refractivity contribution in [3.05, 3.63) is 10.1 Å². The summed E-state index contributed by atoms with van der Waals surface area (Å²) in [6, 6.07) is 0. The molecule has 6 nitrogen and oxygen atoms in total. The first-order valence-electron chi connectivity index (χ1n) is 2.79. The molecule has 0 N–H and O–H groups in total. The van der Waals surface area contributed by atoms with Gasteiger partial charge in [0.25, 0.3) is 5.09 Å². The van der Waals surface area contributed by atoms with Crippen LogP contribution in [0.4, 0.5) is 0 Å². The monoisotopic (exact) mass is 149 g/mol. The van der Waals surface area contributed by atoms with Crippen molar-refractivity contribution >= 4 is 0 Å². The van der Waals surface area contributed by atoms with E-state index in [-0.39, 0.29) is 6.61 Å². The maximum absolute atomic E-state index is 9.72. The third-order valence-corrected chi connectivity index (χ3v) is 0.989. The van der Waals surface area contributed by atoms with Gasteiger partial charge >= 0.3 is 0 Å². The van der Waals surface area contributed by atoms with E-state index in [2.05, 4.69) is 4.84 Å². The molecular weight excluding hydrogens is 142 g/mol. The number of ether oxygens (including phenoxy) is 2. The molecule has 1 aliphatic rings. The lowest BCUT2D eigenvalue weighted by Crippen LogP contribution is -2.32. The SMILES string of the molecule is O=[N+]([O-])OC1COCCO1. The molecule has 1 fully saturated rings. The van der Waals surface area contributed by atoms with E-state index in [0.29, 0.717) is 13.2 Å².